The van der Waals surface area contributed by atoms with Gasteiger partial charge in [0.05, 0.1) is 18.1 Å². The third kappa shape index (κ3) is 3.35. The standard InChI is InChI=1S/C17H26N2O3.Na/c1-17(10-2-3-10,11-4-5-11)18-15(20)13-8-9-14(16(21)22)19(13)12-6-7-12;/h10-14H,2-9H2,1H3,(H,18,20)(H,21,22);/q;+1/p-1. The summed E-state index contributed by atoms with van der Waals surface area (Å²) in [6.45, 7) is 2.20. The van der Waals surface area contributed by atoms with Crippen molar-refractivity contribution >= 4 is 11.9 Å². The van der Waals surface area contributed by atoms with E-state index in [0.29, 0.717) is 24.7 Å². The molecule has 122 valence electrons. The van der Waals surface area contributed by atoms with E-state index in [1.807, 2.05) is 4.90 Å². The van der Waals surface area contributed by atoms with Crippen molar-refractivity contribution in [2.75, 3.05) is 0 Å². The first-order chi connectivity index (χ1) is 10.5. The number of carboxylic acids is 1. The van der Waals surface area contributed by atoms with Crippen molar-refractivity contribution in [1.29, 1.82) is 0 Å². The third-order valence-electron chi connectivity index (χ3n) is 6.22. The van der Waals surface area contributed by atoms with Gasteiger partial charge in [-0.15, -0.1) is 0 Å². The van der Waals surface area contributed by atoms with Crippen LogP contribution in [0, 0.1) is 11.8 Å². The largest absolute Gasteiger partial charge is 1.00 e. The van der Waals surface area contributed by atoms with E-state index >= 15 is 0 Å². The van der Waals surface area contributed by atoms with Crippen LogP contribution in [0.25, 0.3) is 0 Å². The van der Waals surface area contributed by atoms with Crippen molar-refractivity contribution in [3.63, 3.8) is 0 Å². The number of nitrogens with zero attached hydrogens (tertiary/aromatic N) is 1. The average Bonchev–Trinajstić information content (AvgIpc) is 3.34. The minimum absolute atomic E-state index is 0. The Balaban J connectivity index is 0.00000156. The maximum Gasteiger partial charge on any atom is 1.00 e. The first kappa shape index (κ1) is 17.7. The quantitative estimate of drug-likeness (QED) is 0.544. The number of likely N-dealkylation sites (tertiary alicyclic amines) is 1. The molecule has 1 saturated heterocycles. The molecule has 23 heavy (non-hydrogen) atoms. The predicted octanol–water partition coefficient (Wildman–Crippen LogP) is -2.57. The van der Waals surface area contributed by atoms with E-state index in [2.05, 4.69) is 12.2 Å². The summed E-state index contributed by atoms with van der Waals surface area (Å²) in [6, 6.07) is -0.571. The van der Waals surface area contributed by atoms with Crippen LogP contribution in [-0.2, 0) is 9.59 Å². The summed E-state index contributed by atoms with van der Waals surface area (Å²) in [5.74, 6) is 0.277. The van der Waals surface area contributed by atoms with Gasteiger partial charge in [0, 0.05) is 11.6 Å². The molecule has 1 amide bonds. The Hall–Kier alpha value is -0.100. The van der Waals surface area contributed by atoms with Crippen LogP contribution in [0.3, 0.4) is 0 Å². The molecule has 4 fully saturated rings. The first-order valence-corrected chi connectivity index (χ1v) is 8.81. The molecule has 5 nitrogen and oxygen atoms in total. The zero-order chi connectivity index (χ0) is 15.5. The second kappa shape index (κ2) is 6.32. The molecule has 6 heteroatoms. The molecule has 0 aromatic carbocycles. The van der Waals surface area contributed by atoms with Crippen LogP contribution in [0.4, 0.5) is 0 Å². The Labute approximate surface area is 159 Å². The maximum atomic E-state index is 12.9. The van der Waals surface area contributed by atoms with Crippen LogP contribution < -0.4 is 40.0 Å². The summed E-state index contributed by atoms with van der Waals surface area (Å²) >= 11 is 0. The number of hydrogen-bond acceptors (Lipinski definition) is 4. The smallest absolute Gasteiger partial charge is 0.548 e. The second-order valence-electron chi connectivity index (χ2n) is 7.93. The molecule has 1 aliphatic heterocycles. The van der Waals surface area contributed by atoms with Crippen LogP contribution in [-0.4, -0.2) is 40.4 Å². The van der Waals surface area contributed by atoms with Crippen LogP contribution in [0.2, 0.25) is 0 Å². The number of amides is 1. The van der Waals surface area contributed by atoms with Crippen molar-refractivity contribution in [2.45, 2.75) is 82.0 Å². The van der Waals surface area contributed by atoms with Crippen molar-refractivity contribution in [1.82, 2.24) is 10.2 Å². The van der Waals surface area contributed by atoms with Crippen LogP contribution in [0.1, 0.15) is 58.3 Å². The summed E-state index contributed by atoms with van der Waals surface area (Å²) in [4.78, 5) is 26.2. The number of carbonyl (C=O) groups excluding carboxylic acids is 2. The molecule has 0 spiro atoms. The Bertz CT molecular complexity index is 488. The molecule has 1 heterocycles. The molecule has 0 aromatic heterocycles. The molecular formula is C17H25N2NaO3. The van der Waals surface area contributed by atoms with Gasteiger partial charge in [-0.25, -0.2) is 0 Å². The fourth-order valence-electron chi connectivity index (χ4n) is 4.47. The molecule has 1 N–H and O–H groups in total. The summed E-state index contributed by atoms with van der Waals surface area (Å²) < 4.78 is 0. The van der Waals surface area contributed by atoms with Crippen LogP contribution >= 0.6 is 0 Å². The van der Waals surface area contributed by atoms with Gasteiger partial charge in [-0.05, 0) is 70.1 Å². The van der Waals surface area contributed by atoms with Crippen LogP contribution in [0.15, 0.2) is 0 Å². The minimum atomic E-state index is -1.02. The number of hydrogen-bond donors (Lipinski definition) is 1. The Morgan fingerprint density at radius 2 is 1.48 bits per heavy atom. The summed E-state index contributed by atoms with van der Waals surface area (Å²) in [5, 5.41) is 14.7. The van der Waals surface area contributed by atoms with E-state index in [9.17, 15) is 14.7 Å². The van der Waals surface area contributed by atoms with Gasteiger partial charge >= 0.3 is 29.6 Å². The molecule has 4 aliphatic rings. The van der Waals surface area contributed by atoms with Gasteiger partial charge in [-0.2, -0.15) is 0 Å². The Morgan fingerprint density at radius 1 is 0.957 bits per heavy atom. The fraction of sp³-hybridized carbons (Fsp3) is 0.882. The van der Waals surface area contributed by atoms with Gasteiger partial charge in [0.25, 0.3) is 0 Å². The maximum absolute atomic E-state index is 12.9. The van der Waals surface area contributed by atoms with E-state index < -0.39 is 12.0 Å². The normalized spacial score (nSPS) is 31.5. The van der Waals surface area contributed by atoms with E-state index in [1.165, 1.54) is 25.7 Å². The second-order valence-corrected chi connectivity index (χ2v) is 7.93. The van der Waals surface area contributed by atoms with Crippen molar-refractivity contribution in [2.24, 2.45) is 11.8 Å². The molecule has 0 bridgehead atoms. The molecule has 0 radical (unpaired) electrons. The molecule has 0 aromatic rings. The average molecular weight is 328 g/mol. The van der Waals surface area contributed by atoms with E-state index in [4.69, 9.17) is 0 Å². The van der Waals surface area contributed by atoms with Gasteiger partial charge in [0.2, 0.25) is 5.91 Å². The molecule has 2 unspecified atom stereocenters. The molecule has 3 aliphatic carbocycles. The third-order valence-corrected chi connectivity index (χ3v) is 6.22. The predicted molar refractivity (Wildman–Crippen MR) is 78.7 cm³/mol. The monoisotopic (exact) mass is 328 g/mol. The SMILES string of the molecule is CC(NC(=O)C1CCC(C(=O)[O-])N1C1CC1)(C1CC1)C1CC1.[Na+]. The minimum Gasteiger partial charge on any atom is -0.548 e. The van der Waals surface area contributed by atoms with Gasteiger partial charge < -0.3 is 15.2 Å². The number of carboxylic acid groups (broad SMARTS) is 1. The van der Waals surface area contributed by atoms with Gasteiger partial charge in [-0.1, -0.05) is 0 Å². The van der Waals surface area contributed by atoms with Crippen molar-refractivity contribution < 1.29 is 44.3 Å². The van der Waals surface area contributed by atoms with E-state index in [1.54, 1.807) is 0 Å². The number of nitrogens with one attached hydrogen (secondary N) is 1. The Morgan fingerprint density at radius 3 is 1.91 bits per heavy atom. The topological polar surface area (TPSA) is 72.5 Å². The number of aliphatic carboxylic acids is 1. The van der Waals surface area contributed by atoms with E-state index in [0.717, 1.165) is 12.8 Å². The molecule has 4 rings (SSSR count). The van der Waals surface area contributed by atoms with Gasteiger partial charge in [-0.3, -0.25) is 9.69 Å². The summed E-state index contributed by atoms with van der Waals surface area (Å²) in [6.07, 6.45) is 8.06. The fourth-order valence-corrected chi connectivity index (χ4v) is 4.47. The molecule has 2 atom stereocenters. The summed E-state index contributed by atoms with van der Waals surface area (Å²) in [7, 11) is 0. The number of rotatable bonds is 6. The summed E-state index contributed by atoms with van der Waals surface area (Å²) in [5.41, 5.74) is -0.0636. The zero-order valence-corrected chi connectivity index (χ0v) is 16.2. The van der Waals surface area contributed by atoms with Crippen molar-refractivity contribution in [3.05, 3.63) is 0 Å². The molecular weight excluding hydrogens is 303 g/mol. The van der Waals surface area contributed by atoms with Crippen LogP contribution in [0.5, 0.6) is 0 Å². The van der Waals surface area contributed by atoms with Gasteiger partial charge in [0.15, 0.2) is 0 Å². The van der Waals surface area contributed by atoms with E-state index in [-0.39, 0.29) is 53.1 Å². The molecule has 3 saturated carbocycles. The van der Waals surface area contributed by atoms with Gasteiger partial charge in [0.1, 0.15) is 0 Å². The Kier molecular flexibility index (Phi) is 4.87. The first-order valence-electron chi connectivity index (χ1n) is 8.81. The zero-order valence-electron chi connectivity index (χ0n) is 14.2. The van der Waals surface area contributed by atoms with Crippen molar-refractivity contribution in [3.8, 4) is 0 Å². The number of carbonyl (C=O) groups is 2.